The summed E-state index contributed by atoms with van der Waals surface area (Å²) in [6.07, 6.45) is 6.96. The molecule has 0 spiro atoms. The van der Waals surface area contributed by atoms with Crippen LogP contribution in [-0.4, -0.2) is 29.4 Å². The number of carbonyl (C=O) groups is 1. The van der Waals surface area contributed by atoms with Gasteiger partial charge >= 0.3 is 5.97 Å². The monoisotopic (exact) mass is 223 g/mol. The first-order valence-electron chi connectivity index (χ1n) is 5.65. The number of nitrogens with one attached hydrogen (secondary N) is 1. The van der Waals surface area contributed by atoms with Gasteiger partial charge in [0.1, 0.15) is 12.4 Å². The van der Waals surface area contributed by atoms with Crippen LogP contribution in [0.2, 0.25) is 0 Å². The first-order chi connectivity index (χ1) is 7.79. The summed E-state index contributed by atoms with van der Waals surface area (Å²) in [5.74, 6) is 0.452. The average Bonchev–Trinajstić information content (AvgIpc) is 2.95. The standard InChI is InChI=1S/C11H17N3O2/c1-16-11(15)8-12-10-6-7-14(13-10)9-4-2-3-5-9/h6-7,9H,2-5,8H2,1H3,(H,12,13). The van der Waals surface area contributed by atoms with Crippen LogP contribution in [0.15, 0.2) is 12.3 Å². The van der Waals surface area contributed by atoms with E-state index in [4.69, 9.17) is 0 Å². The Morgan fingerprint density at radius 2 is 2.38 bits per heavy atom. The van der Waals surface area contributed by atoms with E-state index in [2.05, 4.69) is 15.2 Å². The molecule has 5 nitrogen and oxygen atoms in total. The largest absolute Gasteiger partial charge is 0.468 e. The van der Waals surface area contributed by atoms with Crippen LogP contribution in [0.1, 0.15) is 31.7 Å². The second-order valence-electron chi connectivity index (χ2n) is 4.05. The number of carbonyl (C=O) groups excluding carboxylic acids is 1. The number of hydrogen-bond donors (Lipinski definition) is 1. The minimum Gasteiger partial charge on any atom is -0.468 e. The molecular weight excluding hydrogens is 206 g/mol. The molecule has 1 N–H and O–H groups in total. The number of hydrogen-bond acceptors (Lipinski definition) is 4. The van der Waals surface area contributed by atoms with Crippen molar-refractivity contribution < 1.29 is 9.53 Å². The molecule has 0 bridgehead atoms. The minimum atomic E-state index is -0.282. The third-order valence-electron chi connectivity index (χ3n) is 2.95. The van der Waals surface area contributed by atoms with Crippen molar-refractivity contribution in [3.63, 3.8) is 0 Å². The predicted molar refractivity (Wildman–Crippen MR) is 60.2 cm³/mol. The van der Waals surface area contributed by atoms with Crippen LogP contribution >= 0.6 is 0 Å². The van der Waals surface area contributed by atoms with Gasteiger partial charge in [-0.15, -0.1) is 0 Å². The Morgan fingerprint density at radius 3 is 3.06 bits per heavy atom. The summed E-state index contributed by atoms with van der Waals surface area (Å²) < 4.78 is 6.54. The van der Waals surface area contributed by atoms with Crippen molar-refractivity contribution in [1.29, 1.82) is 0 Å². The highest BCUT2D eigenvalue weighted by molar-refractivity contribution is 5.74. The molecule has 0 saturated heterocycles. The van der Waals surface area contributed by atoms with E-state index in [0.717, 1.165) is 5.82 Å². The first-order valence-corrected chi connectivity index (χ1v) is 5.65. The van der Waals surface area contributed by atoms with Crippen LogP contribution in [0.25, 0.3) is 0 Å². The van der Waals surface area contributed by atoms with Crippen molar-refractivity contribution in [3.8, 4) is 0 Å². The fraction of sp³-hybridized carbons (Fsp3) is 0.636. The summed E-state index contributed by atoms with van der Waals surface area (Å²) in [5.41, 5.74) is 0. The van der Waals surface area contributed by atoms with E-state index in [9.17, 15) is 4.79 Å². The molecule has 2 rings (SSSR count). The van der Waals surface area contributed by atoms with E-state index < -0.39 is 0 Å². The van der Waals surface area contributed by atoms with E-state index >= 15 is 0 Å². The first kappa shape index (κ1) is 11.0. The third kappa shape index (κ3) is 2.53. The molecule has 0 unspecified atom stereocenters. The summed E-state index contributed by atoms with van der Waals surface area (Å²) in [7, 11) is 1.38. The molecule has 0 aromatic carbocycles. The summed E-state index contributed by atoms with van der Waals surface area (Å²) in [5, 5.41) is 7.33. The molecule has 16 heavy (non-hydrogen) atoms. The van der Waals surface area contributed by atoms with Gasteiger partial charge < -0.3 is 10.1 Å². The quantitative estimate of drug-likeness (QED) is 0.787. The third-order valence-corrected chi connectivity index (χ3v) is 2.95. The number of methoxy groups -OCH3 is 1. The van der Waals surface area contributed by atoms with Crippen molar-refractivity contribution in [1.82, 2.24) is 9.78 Å². The maximum Gasteiger partial charge on any atom is 0.325 e. The maximum atomic E-state index is 10.9. The van der Waals surface area contributed by atoms with Crippen molar-refractivity contribution in [2.75, 3.05) is 19.0 Å². The zero-order valence-corrected chi connectivity index (χ0v) is 9.48. The van der Waals surface area contributed by atoms with Gasteiger partial charge in [0.2, 0.25) is 0 Å². The van der Waals surface area contributed by atoms with Gasteiger partial charge in [-0.2, -0.15) is 5.10 Å². The minimum absolute atomic E-state index is 0.165. The van der Waals surface area contributed by atoms with E-state index in [-0.39, 0.29) is 12.5 Å². The Hall–Kier alpha value is -1.52. The fourth-order valence-corrected chi connectivity index (χ4v) is 2.04. The molecule has 0 amide bonds. The Morgan fingerprint density at radius 1 is 1.62 bits per heavy atom. The molecule has 1 aliphatic rings. The zero-order chi connectivity index (χ0) is 11.4. The number of anilines is 1. The molecule has 1 aliphatic carbocycles. The van der Waals surface area contributed by atoms with Gasteiger partial charge in [0.15, 0.2) is 0 Å². The van der Waals surface area contributed by atoms with Crippen molar-refractivity contribution in [2.45, 2.75) is 31.7 Å². The van der Waals surface area contributed by atoms with Crippen LogP contribution in [0.4, 0.5) is 5.82 Å². The molecule has 1 saturated carbocycles. The lowest BCUT2D eigenvalue weighted by atomic mass is 10.3. The molecule has 88 valence electrons. The summed E-state index contributed by atoms with van der Waals surface area (Å²) in [6, 6.07) is 2.43. The van der Waals surface area contributed by atoms with Gasteiger partial charge in [-0.25, -0.2) is 0 Å². The molecule has 0 atom stereocenters. The lowest BCUT2D eigenvalue weighted by Crippen LogP contribution is -2.15. The molecular formula is C11H17N3O2. The number of rotatable bonds is 4. The predicted octanol–water partition coefficient (Wildman–Crippen LogP) is 1.58. The highest BCUT2D eigenvalue weighted by Gasteiger charge is 2.17. The lowest BCUT2D eigenvalue weighted by molar-refractivity contribution is -0.138. The lowest BCUT2D eigenvalue weighted by Gasteiger charge is -2.08. The number of ether oxygens (including phenoxy) is 1. The van der Waals surface area contributed by atoms with E-state index in [0.29, 0.717) is 6.04 Å². The second kappa shape index (κ2) is 5.01. The van der Waals surface area contributed by atoms with Crippen LogP contribution < -0.4 is 5.32 Å². The van der Waals surface area contributed by atoms with Crippen molar-refractivity contribution in [2.24, 2.45) is 0 Å². The van der Waals surface area contributed by atoms with Crippen LogP contribution in [-0.2, 0) is 9.53 Å². The molecule has 1 heterocycles. The molecule has 5 heteroatoms. The molecule has 0 aliphatic heterocycles. The topological polar surface area (TPSA) is 56.1 Å². The normalized spacial score (nSPS) is 16.3. The van der Waals surface area contributed by atoms with Crippen LogP contribution in [0.5, 0.6) is 0 Å². The molecule has 0 radical (unpaired) electrons. The molecule has 1 aromatic rings. The summed E-state index contributed by atoms with van der Waals surface area (Å²) >= 11 is 0. The van der Waals surface area contributed by atoms with Gasteiger partial charge in [0.05, 0.1) is 13.2 Å². The van der Waals surface area contributed by atoms with Crippen LogP contribution in [0, 0.1) is 0 Å². The second-order valence-corrected chi connectivity index (χ2v) is 4.05. The fourth-order valence-electron chi connectivity index (χ4n) is 2.04. The Kier molecular flexibility index (Phi) is 3.44. The molecule has 1 aromatic heterocycles. The van der Waals surface area contributed by atoms with Gasteiger partial charge in [-0.3, -0.25) is 9.48 Å². The van der Waals surface area contributed by atoms with E-state index in [1.807, 2.05) is 16.9 Å². The Labute approximate surface area is 94.8 Å². The number of aromatic nitrogens is 2. The highest BCUT2D eigenvalue weighted by atomic mass is 16.5. The number of nitrogens with zero attached hydrogens (tertiary/aromatic N) is 2. The Balaban J connectivity index is 1.89. The Bertz CT molecular complexity index is 356. The van der Waals surface area contributed by atoms with Gasteiger partial charge in [-0.1, -0.05) is 12.8 Å². The highest BCUT2D eigenvalue weighted by Crippen LogP contribution is 2.29. The van der Waals surface area contributed by atoms with Gasteiger partial charge in [-0.05, 0) is 12.8 Å². The number of esters is 1. The van der Waals surface area contributed by atoms with Gasteiger partial charge in [0, 0.05) is 12.3 Å². The average molecular weight is 223 g/mol. The summed E-state index contributed by atoms with van der Waals surface area (Å²) in [6.45, 7) is 0.165. The zero-order valence-electron chi connectivity index (χ0n) is 9.48. The summed E-state index contributed by atoms with van der Waals surface area (Å²) in [4.78, 5) is 10.9. The van der Waals surface area contributed by atoms with Crippen molar-refractivity contribution in [3.05, 3.63) is 12.3 Å². The SMILES string of the molecule is COC(=O)CNc1ccn(C2CCCC2)n1. The molecule has 1 fully saturated rings. The van der Waals surface area contributed by atoms with Gasteiger partial charge in [0.25, 0.3) is 0 Å². The van der Waals surface area contributed by atoms with Crippen LogP contribution in [0.3, 0.4) is 0 Å². The van der Waals surface area contributed by atoms with E-state index in [1.165, 1.54) is 32.8 Å². The van der Waals surface area contributed by atoms with E-state index in [1.54, 1.807) is 0 Å². The maximum absolute atomic E-state index is 10.9. The van der Waals surface area contributed by atoms with Crippen molar-refractivity contribution >= 4 is 11.8 Å². The smallest absolute Gasteiger partial charge is 0.325 e.